The molecule has 1 unspecified atom stereocenters. The third kappa shape index (κ3) is 6.01. The summed E-state index contributed by atoms with van der Waals surface area (Å²) in [5.74, 6) is -1.95. The van der Waals surface area contributed by atoms with E-state index in [2.05, 4.69) is 4.98 Å². The second kappa shape index (κ2) is 10.1. The lowest BCUT2D eigenvalue weighted by Crippen LogP contribution is -2.50. The van der Waals surface area contributed by atoms with Crippen LogP contribution in [0.15, 0.2) is 24.4 Å². The van der Waals surface area contributed by atoms with Crippen LogP contribution in [-0.4, -0.2) is 40.2 Å². The third-order valence-corrected chi connectivity index (χ3v) is 6.82. The Balaban J connectivity index is 0.00000342. The predicted octanol–water partition coefficient (Wildman–Crippen LogP) is 6.57. The molecule has 1 N–H and O–H groups in total. The van der Waals surface area contributed by atoms with Gasteiger partial charge in [-0.25, -0.2) is 14.2 Å². The number of hydrogen-bond acceptors (Lipinski definition) is 4. The molecule has 1 atom stereocenters. The lowest BCUT2D eigenvalue weighted by atomic mass is 9.80. The number of aromatic nitrogens is 1. The van der Waals surface area contributed by atoms with E-state index in [0.717, 1.165) is 30.7 Å². The van der Waals surface area contributed by atoms with Crippen molar-refractivity contribution in [2.45, 2.75) is 57.9 Å². The number of carbonyl (C=O) groups is 1. The molecule has 2 heterocycles. The fourth-order valence-corrected chi connectivity index (χ4v) is 4.90. The van der Waals surface area contributed by atoms with Gasteiger partial charge in [-0.3, -0.25) is 4.90 Å². The molecule has 1 aromatic heterocycles. The van der Waals surface area contributed by atoms with Crippen LogP contribution in [0.2, 0.25) is 5.02 Å². The average Bonchev–Trinajstić information content (AvgIpc) is 3.55. The largest absolute Gasteiger partial charge is 0.478 e. The molecule has 1 saturated carbocycles. The normalized spacial score (nSPS) is 20.3. The Morgan fingerprint density at radius 1 is 1.29 bits per heavy atom. The summed E-state index contributed by atoms with van der Waals surface area (Å²) in [5, 5.41) is 9.14. The Bertz CT molecular complexity index is 1110. The molecule has 0 bridgehead atoms. The Hall–Kier alpha value is -2.10. The topological polar surface area (TPSA) is 62.7 Å². The lowest BCUT2D eigenvalue weighted by molar-refractivity contribution is -0.137. The molecular formula is C24H26Cl2F4N2O3. The van der Waals surface area contributed by atoms with Gasteiger partial charge in [0.15, 0.2) is 0 Å². The summed E-state index contributed by atoms with van der Waals surface area (Å²) in [6, 6.07) is 3.71. The van der Waals surface area contributed by atoms with Crippen molar-refractivity contribution >= 4 is 30.0 Å². The zero-order valence-corrected chi connectivity index (χ0v) is 20.7. The molecule has 4 rings (SSSR count). The minimum atomic E-state index is -4.62. The first-order valence-corrected chi connectivity index (χ1v) is 11.4. The van der Waals surface area contributed by atoms with Crippen molar-refractivity contribution in [2.75, 3.05) is 13.1 Å². The first kappa shape index (κ1) is 27.5. The molecular weight excluding hydrogens is 511 g/mol. The van der Waals surface area contributed by atoms with E-state index in [1.54, 1.807) is 6.07 Å². The Morgan fingerprint density at radius 2 is 1.97 bits per heavy atom. The molecule has 0 spiro atoms. The van der Waals surface area contributed by atoms with Gasteiger partial charge in [-0.05, 0) is 42.4 Å². The number of piperidine rings is 1. The van der Waals surface area contributed by atoms with E-state index < -0.39 is 40.1 Å². The second-order valence-electron chi connectivity index (χ2n) is 9.66. The summed E-state index contributed by atoms with van der Waals surface area (Å²) >= 11 is 5.65. The van der Waals surface area contributed by atoms with Gasteiger partial charge >= 0.3 is 12.1 Å². The Kier molecular flexibility index (Phi) is 7.94. The quantitative estimate of drug-likeness (QED) is 0.423. The summed E-state index contributed by atoms with van der Waals surface area (Å²) in [6.45, 7) is 5.12. The summed E-state index contributed by atoms with van der Waals surface area (Å²) in [7, 11) is 0. The number of pyridine rings is 1. The van der Waals surface area contributed by atoms with Gasteiger partial charge in [0.2, 0.25) is 5.88 Å². The highest BCUT2D eigenvalue weighted by Gasteiger charge is 2.40. The Labute approximate surface area is 211 Å². The van der Waals surface area contributed by atoms with Crippen LogP contribution in [0.4, 0.5) is 17.6 Å². The van der Waals surface area contributed by atoms with Crippen molar-refractivity contribution in [3.05, 3.63) is 57.5 Å². The van der Waals surface area contributed by atoms with Crippen LogP contribution in [0.25, 0.3) is 0 Å². The molecule has 2 aliphatic rings. The zero-order chi connectivity index (χ0) is 24.8. The Morgan fingerprint density at radius 3 is 2.54 bits per heavy atom. The fraction of sp³-hybridized carbons (Fsp3) is 0.500. The summed E-state index contributed by atoms with van der Waals surface area (Å²) in [5.41, 5.74) is -0.409. The molecule has 5 nitrogen and oxygen atoms in total. The van der Waals surface area contributed by atoms with E-state index in [1.807, 2.05) is 18.7 Å². The van der Waals surface area contributed by atoms with E-state index in [4.69, 9.17) is 16.3 Å². The molecule has 0 amide bonds. The molecule has 2 fully saturated rings. The number of carboxylic acids is 1. The minimum absolute atomic E-state index is 0. The SMILES string of the molecule is CC1(C)CN(Cc2c(C3CC3)ccc(F)c2C(=O)O)CCC1Oc1cc(C(F)(F)F)c(Cl)cn1.Cl. The number of halogens is 6. The molecule has 1 aliphatic carbocycles. The molecule has 0 radical (unpaired) electrons. The number of benzene rings is 1. The summed E-state index contributed by atoms with van der Waals surface area (Å²) in [4.78, 5) is 17.8. The molecule has 2 aromatic rings. The molecule has 1 saturated heterocycles. The molecule has 11 heteroatoms. The number of ether oxygens (including phenoxy) is 1. The maximum atomic E-state index is 14.4. The van der Waals surface area contributed by atoms with Crippen molar-refractivity contribution in [3.63, 3.8) is 0 Å². The number of carboxylic acid groups (broad SMARTS) is 1. The lowest BCUT2D eigenvalue weighted by Gasteiger charge is -2.44. The first-order valence-electron chi connectivity index (χ1n) is 11.0. The van der Waals surface area contributed by atoms with Crippen molar-refractivity contribution in [3.8, 4) is 5.88 Å². The number of nitrogens with zero attached hydrogens (tertiary/aromatic N) is 2. The molecule has 192 valence electrons. The van der Waals surface area contributed by atoms with E-state index in [-0.39, 0.29) is 36.3 Å². The maximum absolute atomic E-state index is 14.4. The van der Waals surface area contributed by atoms with E-state index >= 15 is 0 Å². The van der Waals surface area contributed by atoms with Crippen LogP contribution in [0.5, 0.6) is 5.88 Å². The van der Waals surface area contributed by atoms with E-state index in [1.165, 1.54) is 6.07 Å². The number of aromatic carboxylic acids is 1. The van der Waals surface area contributed by atoms with Crippen molar-refractivity contribution < 1.29 is 32.2 Å². The van der Waals surface area contributed by atoms with Crippen LogP contribution in [0, 0.1) is 11.2 Å². The monoisotopic (exact) mass is 536 g/mol. The van der Waals surface area contributed by atoms with Crippen LogP contribution in [-0.2, 0) is 12.7 Å². The number of alkyl halides is 3. The summed E-state index contributed by atoms with van der Waals surface area (Å²) in [6.07, 6.45) is -1.73. The van der Waals surface area contributed by atoms with Crippen LogP contribution in [0.3, 0.4) is 0 Å². The van der Waals surface area contributed by atoms with Crippen molar-refractivity contribution in [2.24, 2.45) is 5.41 Å². The summed E-state index contributed by atoms with van der Waals surface area (Å²) < 4.78 is 59.8. The highest BCUT2D eigenvalue weighted by molar-refractivity contribution is 6.31. The van der Waals surface area contributed by atoms with Crippen LogP contribution in [0.1, 0.15) is 66.1 Å². The maximum Gasteiger partial charge on any atom is 0.418 e. The van der Waals surface area contributed by atoms with Crippen LogP contribution >= 0.6 is 24.0 Å². The highest BCUT2D eigenvalue weighted by atomic mass is 35.5. The van der Waals surface area contributed by atoms with Crippen molar-refractivity contribution in [1.29, 1.82) is 0 Å². The zero-order valence-electron chi connectivity index (χ0n) is 19.2. The smallest absolute Gasteiger partial charge is 0.418 e. The van der Waals surface area contributed by atoms with Gasteiger partial charge in [0, 0.05) is 31.1 Å². The van der Waals surface area contributed by atoms with Gasteiger partial charge in [0.05, 0.1) is 22.3 Å². The highest BCUT2D eigenvalue weighted by Crippen LogP contribution is 2.44. The standard InChI is InChI=1S/C24H25ClF4N2O3.ClH/c1-23(2)12-31(11-15-14(13-3-4-13)5-6-18(26)21(15)22(32)33)8-7-19(23)34-20-9-16(24(27,28)29)17(25)10-30-20;/h5-6,9-10,13,19H,3-4,7-8,11-12H2,1-2H3,(H,32,33);1H. The van der Waals surface area contributed by atoms with E-state index in [9.17, 15) is 27.5 Å². The fourth-order valence-electron chi connectivity index (χ4n) is 4.69. The number of rotatable bonds is 6. The van der Waals surface area contributed by atoms with Crippen LogP contribution < -0.4 is 4.74 Å². The van der Waals surface area contributed by atoms with Gasteiger partial charge < -0.3 is 9.84 Å². The van der Waals surface area contributed by atoms with Gasteiger partial charge in [-0.2, -0.15) is 13.2 Å². The molecule has 35 heavy (non-hydrogen) atoms. The number of likely N-dealkylation sites (tertiary alicyclic amines) is 1. The molecule has 1 aliphatic heterocycles. The van der Waals surface area contributed by atoms with Crippen molar-refractivity contribution in [1.82, 2.24) is 9.88 Å². The third-order valence-electron chi connectivity index (χ3n) is 6.52. The van der Waals surface area contributed by atoms with Gasteiger partial charge in [-0.15, -0.1) is 12.4 Å². The molecule has 1 aromatic carbocycles. The van der Waals surface area contributed by atoms with Gasteiger partial charge in [0.25, 0.3) is 0 Å². The van der Waals surface area contributed by atoms with Gasteiger partial charge in [0.1, 0.15) is 11.9 Å². The minimum Gasteiger partial charge on any atom is -0.478 e. The number of hydrogen-bond donors (Lipinski definition) is 1. The van der Waals surface area contributed by atoms with Gasteiger partial charge in [-0.1, -0.05) is 31.5 Å². The predicted molar refractivity (Wildman–Crippen MR) is 125 cm³/mol. The van der Waals surface area contributed by atoms with E-state index in [0.29, 0.717) is 25.1 Å². The first-order chi connectivity index (χ1) is 15.9. The second-order valence-corrected chi connectivity index (χ2v) is 10.1. The average molecular weight is 537 g/mol.